The van der Waals surface area contributed by atoms with Gasteiger partial charge in [-0.1, -0.05) is 18.5 Å². The quantitative estimate of drug-likeness (QED) is 0.460. The van der Waals surface area contributed by atoms with Crippen LogP contribution < -0.4 is 16.8 Å². The summed E-state index contributed by atoms with van der Waals surface area (Å²) in [6.07, 6.45) is 2.51. The molecule has 2 heterocycles. The Morgan fingerprint density at radius 2 is 2.15 bits per heavy atom. The zero-order valence-corrected chi connectivity index (χ0v) is 16.2. The molecule has 0 aliphatic carbocycles. The molecule has 0 aliphatic rings. The van der Waals surface area contributed by atoms with Crippen molar-refractivity contribution in [3.05, 3.63) is 45.4 Å². The van der Waals surface area contributed by atoms with Crippen molar-refractivity contribution < 1.29 is 9.18 Å². The van der Waals surface area contributed by atoms with Crippen molar-refractivity contribution in [2.75, 3.05) is 17.6 Å². The SMILES string of the molecule is CCCN.Nc1ccc(Cl)c(C(=O)Nc2cnc3n[nH]c(Br)c3c2)c1F. The Morgan fingerprint density at radius 1 is 1.46 bits per heavy atom. The van der Waals surface area contributed by atoms with E-state index in [1.54, 1.807) is 6.07 Å². The van der Waals surface area contributed by atoms with Gasteiger partial charge in [-0.25, -0.2) is 9.37 Å². The smallest absolute Gasteiger partial charge is 0.260 e. The third-order valence-electron chi connectivity index (χ3n) is 3.26. The predicted octanol–water partition coefficient (Wildman–Crippen LogP) is 3.70. The summed E-state index contributed by atoms with van der Waals surface area (Å²) >= 11 is 9.15. The molecule has 1 amide bonds. The van der Waals surface area contributed by atoms with E-state index in [-0.39, 0.29) is 16.3 Å². The highest BCUT2D eigenvalue weighted by Gasteiger charge is 2.19. The number of nitrogens with one attached hydrogen (secondary N) is 2. The predicted molar refractivity (Wildman–Crippen MR) is 105 cm³/mol. The number of carbonyl (C=O) groups is 1. The lowest BCUT2D eigenvalue weighted by atomic mass is 10.1. The second-order valence-corrected chi connectivity index (χ2v) is 6.40. The van der Waals surface area contributed by atoms with Gasteiger partial charge in [0.05, 0.1) is 33.5 Å². The van der Waals surface area contributed by atoms with Gasteiger partial charge in [0.15, 0.2) is 11.5 Å². The van der Waals surface area contributed by atoms with Crippen molar-refractivity contribution in [2.45, 2.75) is 13.3 Å². The van der Waals surface area contributed by atoms with E-state index in [4.69, 9.17) is 23.1 Å². The summed E-state index contributed by atoms with van der Waals surface area (Å²) in [6, 6.07) is 4.31. The molecule has 2 aromatic heterocycles. The van der Waals surface area contributed by atoms with Gasteiger partial charge in [-0.05, 0) is 47.1 Å². The maximum Gasteiger partial charge on any atom is 0.260 e. The molecule has 0 aliphatic heterocycles. The van der Waals surface area contributed by atoms with Crippen LogP contribution in [-0.4, -0.2) is 27.6 Å². The topological polar surface area (TPSA) is 123 Å². The molecule has 6 N–H and O–H groups in total. The minimum absolute atomic E-state index is 0.0253. The van der Waals surface area contributed by atoms with E-state index in [1.165, 1.54) is 18.3 Å². The molecule has 0 atom stereocenters. The zero-order valence-electron chi connectivity index (χ0n) is 13.8. The van der Waals surface area contributed by atoms with E-state index in [9.17, 15) is 9.18 Å². The van der Waals surface area contributed by atoms with Crippen molar-refractivity contribution in [1.29, 1.82) is 0 Å². The van der Waals surface area contributed by atoms with Gasteiger partial charge >= 0.3 is 0 Å². The summed E-state index contributed by atoms with van der Waals surface area (Å²) in [7, 11) is 0. The lowest BCUT2D eigenvalue weighted by Gasteiger charge is -2.09. The summed E-state index contributed by atoms with van der Waals surface area (Å²) in [5, 5.41) is 9.84. The Bertz CT molecular complexity index is 930. The molecule has 0 bridgehead atoms. The number of hydrogen-bond donors (Lipinski definition) is 4. The highest BCUT2D eigenvalue weighted by Crippen LogP contribution is 2.26. The van der Waals surface area contributed by atoms with Gasteiger partial charge in [0, 0.05) is 0 Å². The van der Waals surface area contributed by atoms with E-state index < -0.39 is 11.7 Å². The van der Waals surface area contributed by atoms with E-state index in [2.05, 4.69) is 43.4 Å². The Kier molecular flexibility index (Phi) is 6.90. The average molecular weight is 444 g/mol. The first kappa shape index (κ1) is 20.1. The summed E-state index contributed by atoms with van der Waals surface area (Å²) in [6.45, 7) is 2.88. The number of pyridine rings is 1. The maximum atomic E-state index is 14.0. The number of amides is 1. The molecular weight excluding hydrogens is 427 g/mol. The molecule has 138 valence electrons. The largest absolute Gasteiger partial charge is 0.396 e. The molecule has 0 saturated heterocycles. The van der Waals surface area contributed by atoms with Crippen LogP contribution in [0.15, 0.2) is 29.0 Å². The Labute approximate surface area is 162 Å². The fourth-order valence-electron chi connectivity index (χ4n) is 1.91. The van der Waals surface area contributed by atoms with Crippen LogP contribution in [0.5, 0.6) is 0 Å². The summed E-state index contributed by atoms with van der Waals surface area (Å²) in [5.41, 5.74) is 10.9. The summed E-state index contributed by atoms with van der Waals surface area (Å²) < 4.78 is 14.6. The number of carbonyl (C=O) groups excluding carboxylic acids is 1. The van der Waals surface area contributed by atoms with Gasteiger partial charge in [0.2, 0.25) is 0 Å². The number of halogens is 3. The number of anilines is 2. The highest BCUT2D eigenvalue weighted by molar-refractivity contribution is 9.10. The molecule has 3 rings (SSSR count). The number of rotatable bonds is 3. The van der Waals surface area contributed by atoms with Crippen molar-refractivity contribution in [3.63, 3.8) is 0 Å². The first-order chi connectivity index (χ1) is 12.4. The molecule has 0 spiro atoms. The van der Waals surface area contributed by atoms with Crippen LogP contribution in [-0.2, 0) is 0 Å². The number of fused-ring (bicyclic) bond motifs is 1. The zero-order chi connectivity index (χ0) is 19.3. The minimum atomic E-state index is -0.858. The van der Waals surface area contributed by atoms with Gasteiger partial charge in [0.1, 0.15) is 4.60 Å². The number of hydrogen-bond acceptors (Lipinski definition) is 5. The third-order valence-corrected chi connectivity index (χ3v) is 4.18. The third kappa shape index (κ3) is 4.48. The number of aromatic nitrogens is 3. The van der Waals surface area contributed by atoms with Crippen LogP contribution in [0.2, 0.25) is 5.02 Å². The van der Waals surface area contributed by atoms with Crippen molar-refractivity contribution >= 4 is 55.8 Å². The van der Waals surface area contributed by atoms with E-state index in [0.717, 1.165) is 13.0 Å². The summed E-state index contributed by atoms with van der Waals surface area (Å²) in [4.78, 5) is 16.3. The van der Waals surface area contributed by atoms with Crippen LogP contribution in [0.25, 0.3) is 11.0 Å². The van der Waals surface area contributed by atoms with Gasteiger partial charge in [-0.15, -0.1) is 0 Å². The Hall–Kier alpha value is -2.23. The Morgan fingerprint density at radius 3 is 2.81 bits per heavy atom. The van der Waals surface area contributed by atoms with Crippen LogP contribution in [0.3, 0.4) is 0 Å². The monoisotopic (exact) mass is 442 g/mol. The van der Waals surface area contributed by atoms with Gasteiger partial charge < -0.3 is 16.8 Å². The van der Waals surface area contributed by atoms with Crippen molar-refractivity contribution in [1.82, 2.24) is 15.2 Å². The first-order valence-corrected chi connectivity index (χ1v) is 8.80. The highest BCUT2D eigenvalue weighted by atomic mass is 79.9. The molecule has 1 aromatic carbocycles. The number of nitrogen functional groups attached to an aromatic ring is 1. The summed E-state index contributed by atoms with van der Waals surface area (Å²) in [5.74, 6) is -1.57. The van der Waals surface area contributed by atoms with Crippen molar-refractivity contribution in [2.24, 2.45) is 5.73 Å². The lowest BCUT2D eigenvalue weighted by Crippen LogP contribution is -2.15. The normalized spacial score (nSPS) is 10.3. The Balaban J connectivity index is 0.000000552. The maximum absolute atomic E-state index is 14.0. The molecule has 10 heteroatoms. The number of H-pyrrole nitrogens is 1. The second kappa shape index (κ2) is 8.93. The standard InChI is InChI=1S/C13H8BrClFN5O.C3H9N/c14-11-6-3-5(4-18-12(6)21-20-11)19-13(22)9-7(15)1-2-8(17)10(9)16;1-2-3-4/h1-4H,17H2,(H,19,22)(H,18,20,21);2-4H2,1H3. The van der Waals surface area contributed by atoms with Gasteiger partial charge in [0.25, 0.3) is 5.91 Å². The number of aromatic amines is 1. The molecule has 26 heavy (non-hydrogen) atoms. The van der Waals surface area contributed by atoms with Crippen LogP contribution in [0, 0.1) is 5.82 Å². The first-order valence-electron chi connectivity index (χ1n) is 7.63. The average Bonchev–Trinajstić information content (AvgIpc) is 2.99. The molecule has 0 radical (unpaired) electrons. The fraction of sp³-hybridized carbons (Fsp3) is 0.188. The van der Waals surface area contributed by atoms with E-state index >= 15 is 0 Å². The number of nitrogens with two attached hydrogens (primary N) is 2. The minimum Gasteiger partial charge on any atom is -0.396 e. The molecule has 0 saturated carbocycles. The van der Waals surface area contributed by atoms with Crippen molar-refractivity contribution in [3.8, 4) is 0 Å². The lowest BCUT2D eigenvalue weighted by molar-refractivity contribution is 0.102. The molecular formula is C16H17BrClFN6O. The molecule has 3 aromatic rings. The fourth-order valence-corrected chi connectivity index (χ4v) is 2.52. The number of nitrogens with zero attached hydrogens (tertiary/aromatic N) is 2. The molecule has 0 fully saturated rings. The van der Waals surface area contributed by atoms with E-state index in [1.807, 2.05) is 0 Å². The van der Waals surface area contributed by atoms with Crippen LogP contribution in [0.4, 0.5) is 15.8 Å². The van der Waals surface area contributed by atoms with E-state index in [0.29, 0.717) is 21.3 Å². The molecule has 0 unspecified atom stereocenters. The molecule has 7 nitrogen and oxygen atoms in total. The van der Waals surface area contributed by atoms with Gasteiger partial charge in [-0.2, -0.15) is 5.10 Å². The second-order valence-electron chi connectivity index (χ2n) is 5.20. The van der Waals surface area contributed by atoms with Gasteiger partial charge in [-0.3, -0.25) is 9.89 Å². The van der Waals surface area contributed by atoms with Crippen LogP contribution in [0.1, 0.15) is 23.7 Å². The van der Waals surface area contributed by atoms with Crippen LogP contribution >= 0.6 is 27.5 Å². The number of benzene rings is 1.